The Labute approximate surface area is 148 Å². The van der Waals surface area contributed by atoms with Gasteiger partial charge in [0.2, 0.25) is 5.95 Å². The molecule has 1 aliphatic carbocycles. The second-order valence-electron chi connectivity index (χ2n) is 5.89. The molecule has 4 N–H and O–H groups in total. The summed E-state index contributed by atoms with van der Waals surface area (Å²) in [5.74, 6) is -0.0124. The molecule has 0 saturated carbocycles. The van der Waals surface area contributed by atoms with Crippen LogP contribution in [-0.4, -0.2) is 27.1 Å². The van der Waals surface area contributed by atoms with E-state index in [0.29, 0.717) is 17.0 Å². The number of fused-ring (bicyclic) bond motifs is 1. The van der Waals surface area contributed by atoms with Crippen LogP contribution in [0.3, 0.4) is 0 Å². The number of nitrogens with one attached hydrogen (secondary N) is 1. The van der Waals surface area contributed by atoms with Crippen molar-refractivity contribution in [2.45, 2.75) is 18.6 Å². The van der Waals surface area contributed by atoms with E-state index >= 15 is 0 Å². The highest BCUT2D eigenvalue weighted by Crippen LogP contribution is 2.32. The summed E-state index contributed by atoms with van der Waals surface area (Å²) in [6, 6.07) is 12.7. The Bertz CT molecular complexity index is 940. The zero-order valence-electron chi connectivity index (χ0n) is 13.2. The van der Waals surface area contributed by atoms with Crippen LogP contribution in [0.4, 0.5) is 5.95 Å². The molecule has 0 aliphatic heterocycles. The van der Waals surface area contributed by atoms with Gasteiger partial charge in [0.1, 0.15) is 0 Å². The number of nitrogens with zero attached hydrogens (tertiary/aromatic N) is 2. The highest BCUT2D eigenvalue weighted by atomic mass is 32.1. The van der Waals surface area contributed by atoms with E-state index < -0.39 is 6.10 Å². The van der Waals surface area contributed by atoms with Crippen molar-refractivity contribution in [2.75, 3.05) is 5.73 Å². The molecule has 126 valence electrons. The molecule has 1 aromatic carbocycles. The number of benzene rings is 1. The van der Waals surface area contributed by atoms with Crippen molar-refractivity contribution in [3.8, 4) is 10.6 Å². The van der Waals surface area contributed by atoms with E-state index in [2.05, 4.69) is 15.3 Å². The monoisotopic (exact) mass is 352 g/mol. The lowest BCUT2D eigenvalue weighted by molar-refractivity contribution is 0.0862. The summed E-state index contributed by atoms with van der Waals surface area (Å²) in [5, 5.41) is 13.2. The number of carbonyl (C=O) groups excluding carboxylic acids is 1. The summed E-state index contributed by atoms with van der Waals surface area (Å²) in [4.78, 5) is 22.0. The van der Waals surface area contributed by atoms with Crippen LogP contribution in [0.1, 0.15) is 26.8 Å². The van der Waals surface area contributed by atoms with Crippen molar-refractivity contribution < 1.29 is 9.90 Å². The molecule has 3 aromatic rings. The largest absolute Gasteiger partial charge is 0.390 e. The van der Waals surface area contributed by atoms with Crippen LogP contribution in [-0.2, 0) is 6.42 Å². The average molecular weight is 352 g/mol. The Kier molecular flexibility index (Phi) is 3.95. The Morgan fingerprint density at radius 1 is 1.24 bits per heavy atom. The maximum absolute atomic E-state index is 12.6. The second kappa shape index (κ2) is 6.27. The van der Waals surface area contributed by atoms with Gasteiger partial charge in [-0.3, -0.25) is 4.79 Å². The topological polar surface area (TPSA) is 101 Å². The molecule has 0 fully saturated rings. The van der Waals surface area contributed by atoms with E-state index in [-0.39, 0.29) is 17.9 Å². The van der Waals surface area contributed by atoms with Crippen molar-refractivity contribution in [1.29, 1.82) is 0 Å². The smallest absolute Gasteiger partial charge is 0.261 e. The van der Waals surface area contributed by atoms with Gasteiger partial charge in [-0.25, -0.2) is 9.97 Å². The van der Waals surface area contributed by atoms with E-state index in [4.69, 9.17) is 5.73 Å². The summed E-state index contributed by atoms with van der Waals surface area (Å²) in [6.45, 7) is 0. The predicted molar refractivity (Wildman–Crippen MR) is 96.1 cm³/mol. The Morgan fingerprint density at radius 3 is 2.92 bits per heavy atom. The zero-order valence-corrected chi connectivity index (χ0v) is 14.0. The Morgan fingerprint density at radius 2 is 2.08 bits per heavy atom. The molecule has 0 unspecified atom stereocenters. The van der Waals surface area contributed by atoms with Gasteiger partial charge in [0.15, 0.2) is 0 Å². The maximum atomic E-state index is 12.6. The maximum Gasteiger partial charge on any atom is 0.261 e. The van der Waals surface area contributed by atoms with Gasteiger partial charge in [-0.2, -0.15) is 0 Å². The third kappa shape index (κ3) is 2.99. The first-order chi connectivity index (χ1) is 12.1. The summed E-state index contributed by atoms with van der Waals surface area (Å²) in [6.07, 6.45) is 1.53. The molecule has 4 rings (SSSR count). The number of thiophene rings is 1. The highest BCUT2D eigenvalue weighted by Gasteiger charge is 2.32. The van der Waals surface area contributed by atoms with Crippen LogP contribution < -0.4 is 11.1 Å². The number of carbonyl (C=O) groups is 1. The van der Waals surface area contributed by atoms with Crippen LogP contribution >= 0.6 is 11.3 Å². The third-order valence-electron chi connectivity index (χ3n) is 4.25. The van der Waals surface area contributed by atoms with Gasteiger partial charge in [0, 0.05) is 12.6 Å². The first-order valence-corrected chi connectivity index (χ1v) is 8.69. The van der Waals surface area contributed by atoms with E-state index in [1.165, 1.54) is 11.3 Å². The summed E-state index contributed by atoms with van der Waals surface area (Å²) < 4.78 is 0. The number of hydrogen-bond donors (Lipinski definition) is 3. The van der Waals surface area contributed by atoms with E-state index in [1.54, 1.807) is 18.3 Å². The Balaban J connectivity index is 1.55. The van der Waals surface area contributed by atoms with E-state index in [9.17, 15) is 9.90 Å². The average Bonchev–Trinajstić information content (AvgIpc) is 3.21. The molecule has 1 aliphatic rings. The molecule has 0 spiro atoms. The van der Waals surface area contributed by atoms with Gasteiger partial charge in [-0.05, 0) is 29.3 Å². The van der Waals surface area contributed by atoms with Gasteiger partial charge in [0.05, 0.1) is 27.6 Å². The molecule has 0 saturated heterocycles. The fourth-order valence-corrected chi connectivity index (χ4v) is 3.95. The van der Waals surface area contributed by atoms with Crippen molar-refractivity contribution in [1.82, 2.24) is 15.3 Å². The zero-order chi connectivity index (χ0) is 17.4. The SMILES string of the molecule is Nc1nccc(-c2ccc(C(=O)N[C@H]3c4ccccc4C[C@H]3O)s2)n1. The molecule has 2 atom stereocenters. The van der Waals surface area contributed by atoms with Gasteiger partial charge >= 0.3 is 0 Å². The van der Waals surface area contributed by atoms with E-state index in [0.717, 1.165) is 16.0 Å². The molecule has 2 aromatic heterocycles. The quantitative estimate of drug-likeness (QED) is 0.671. The van der Waals surface area contributed by atoms with E-state index in [1.807, 2.05) is 30.3 Å². The van der Waals surface area contributed by atoms with Crippen molar-refractivity contribution >= 4 is 23.2 Å². The summed E-state index contributed by atoms with van der Waals surface area (Å²) in [5.41, 5.74) is 8.34. The standard InChI is InChI=1S/C18H16N4O2S/c19-18-20-8-7-12(21-18)14-5-6-15(25-14)17(24)22-16-11-4-2-1-3-10(11)9-13(16)23/h1-8,13,16,23H,9H2,(H,22,24)(H2,19,20,21)/t13-,16+/m1/s1. The first-order valence-electron chi connectivity index (χ1n) is 7.87. The van der Waals surface area contributed by atoms with Crippen LogP contribution in [0, 0.1) is 0 Å². The van der Waals surface area contributed by atoms with Crippen molar-refractivity contribution in [3.63, 3.8) is 0 Å². The first kappa shape index (κ1) is 15.7. The number of anilines is 1. The number of nitrogens with two attached hydrogens (primary N) is 1. The Hall–Kier alpha value is -2.77. The summed E-state index contributed by atoms with van der Waals surface area (Å²) in [7, 11) is 0. The minimum absolute atomic E-state index is 0.197. The molecule has 6 nitrogen and oxygen atoms in total. The third-order valence-corrected chi connectivity index (χ3v) is 5.35. The minimum atomic E-state index is -0.609. The fourth-order valence-electron chi connectivity index (χ4n) is 3.07. The number of aliphatic hydroxyl groups excluding tert-OH is 1. The van der Waals surface area contributed by atoms with Crippen LogP contribution in [0.5, 0.6) is 0 Å². The molecule has 7 heteroatoms. The van der Waals surface area contributed by atoms with Gasteiger partial charge in [-0.15, -0.1) is 11.3 Å². The second-order valence-corrected chi connectivity index (χ2v) is 6.97. The van der Waals surface area contributed by atoms with Crippen LogP contribution in [0.25, 0.3) is 10.6 Å². The highest BCUT2D eigenvalue weighted by molar-refractivity contribution is 7.17. The predicted octanol–water partition coefficient (Wildman–Crippen LogP) is 2.18. The van der Waals surface area contributed by atoms with Gasteiger partial charge < -0.3 is 16.2 Å². The van der Waals surface area contributed by atoms with Crippen LogP contribution in [0.15, 0.2) is 48.7 Å². The van der Waals surface area contributed by atoms with Crippen molar-refractivity contribution in [3.05, 3.63) is 64.7 Å². The van der Waals surface area contributed by atoms with Crippen LogP contribution in [0.2, 0.25) is 0 Å². The number of nitrogen functional groups attached to an aromatic ring is 1. The molecule has 0 radical (unpaired) electrons. The lowest BCUT2D eigenvalue weighted by Crippen LogP contribution is -2.33. The number of amides is 1. The molecule has 2 heterocycles. The number of aromatic nitrogens is 2. The van der Waals surface area contributed by atoms with Crippen molar-refractivity contribution in [2.24, 2.45) is 0 Å². The van der Waals surface area contributed by atoms with Gasteiger partial charge in [0.25, 0.3) is 5.91 Å². The molecular weight excluding hydrogens is 336 g/mol. The number of rotatable bonds is 3. The van der Waals surface area contributed by atoms with Gasteiger partial charge in [-0.1, -0.05) is 24.3 Å². The number of hydrogen-bond acceptors (Lipinski definition) is 6. The lowest BCUT2D eigenvalue weighted by atomic mass is 10.1. The molecule has 1 amide bonds. The number of aliphatic hydroxyl groups is 1. The normalized spacial score (nSPS) is 18.8. The fraction of sp³-hybridized carbons (Fsp3) is 0.167. The molecule has 0 bridgehead atoms. The molecular formula is C18H16N4O2S. The molecule has 25 heavy (non-hydrogen) atoms. The minimum Gasteiger partial charge on any atom is -0.390 e. The lowest BCUT2D eigenvalue weighted by Gasteiger charge is -2.17. The summed E-state index contributed by atoms with van der Waals surface area (Å²) >= 11 is 1.33.